The molecule has 0 aliphatic carbocycles. The van der Waals surface area contributed by atoms with Crippen LogP contribution in [0.3, 0.4) is 0 Å². The second-order valence-electron chi connectivity index (χ2n) is 7.76. The maximum absolute atomic E-state index is 12.6. The Morgan fingerprint density at radius 3 is 2.09 bits per heavy atom. The number of ether oxygens (including phenoxy) is 2. The average molecular weight is 537 g/mol. The third-order valence-corrected chi connectivity index (χ3v) is 6.95. The van der Waals surface area contributed by atoms with Gasteiger partial charge in [0.2, 0.25) is 10.0 Å². The lowest BCUT2D eigenvalue weighted by molar-refractivity contribution is 0.0954. The number of carbonyl (C=O) groups is 1. The molecule has 1 amide bonds. The van der Waals surface area contributed by atoms with Crippen molar-refractivity contribution in [2.75, 3.05) is 31.3 Å². The molecule has 0 aliphatic rings. The zero-order valence-electron chi connectivity index (χ0n) is 19.5. The van der Waals surface area contributed by atoms with Gasteiger partial charge in [-0.25, -0.2) is 8.42 Å². The Balaban J connectivity index is 1.73. The first kappa shape index (κ1) is 26.7. The van der Waals surface area contributed by atoms with Gasteiger partial charge < -0.3 is 14.8 Å². The van der Waals surface area contributed by atoms with Gasteiger partial charge in [0.25, 0.3) is 5.91 Å². The molecule has 0 fully saturated rings. The van der Waals surface area contributed by atoms with Crippen molar-refractivity contribution in [3.05, 3.63) is 87.4 Å². The summed E-state index contributed by atoms with van der Waals surface area (Å²) in [5.41, 5.74) is 2.52. The van der Waals surface area contributed by atoms with Crippen LogP contribution >= 0.6 is 23.2 Å². The Labute approximate surface area is 215 Å². The molecule has 3 rings (SSSR count). The predicted molar refractivity (Wildman–Crippen MR) is 140 cm³/mol. The van der Waals surface area contributed by atoms with Crippen LogP contribution in [0, 0.1) is 0 Å². The Kier molecular flexibility index (Phi) is 8.88. The van der Waals surface area contributed by atoms with Crippen molar-refractivity contribution in [3.8, 4) is 11.5 Å². The molecule has 0 aromatic heterocycles. The fourth-order valence-corrected chi connectivity index (χ4v) is 4.66. The molecule has 0 heterocycles. The van der Waals surface area contributed by atoms with Crippen molar-refractivity contribution < 1.29 is 22.7 Å². The molecule has 0 saturated carbocycles. The van der Waals surface area contributed by atoms with E-state index < -0.39 is 10.0 Å². The zero-order chi connectivity index (χ0) is 25.6. The third kappa shape index (κ3) is 7.04. The van der Waals surface area contributed by atoms with E-state index in [1.54, 1.807) is 24.3 Å². The van der Waals surface area contributed by atoms with Gasteiger partial charge in [0.15, 0.2) is 0 Å². The number of nitrogens with one attached hydrogen (secondary N) is 1. The van der Waals surface area contributed by atoms with Gasteiger partial charge in [0.1, 0.15) is 11.5 Å². The maximum atomic E-state index is 12.6. The summed E-state index contributed by atoms with van der Waals surface area (Å²) in [6.07, 6.45) is 1.78. The minimum absolute atomic E-state index is 0.0262. The third-order valence-electron chi connectivity index (χ3n) is 5.28. The lowest BCUT2D eigenvalue weighted by Crippen LogP contribution is -2.30. The smallest absolute Gasteiger partial charge is 0.251 e. The summed E-state index contributed by atoms with van der Waals surface area (Å²) in [6, 6.07) is 17.2. The lowest BCUT2D eigenvalue weighted by atomic mass is 10.1. The number of amides is 1. The van der Waals surface area contributed by atoms with Crippen LogP contribution in [0.25, 0.3) is 0 Å². The number of carbonyl (C=O) groups excluding carboxylic acids is 1. The summed E-state index contributed by atoms with van der Waals surface area (Å²) in [6.45, 7) is 0.501. The van der Waals surface area contributed by atoms with Crippen LogP contribution in [0.5, 0.6) is 11.5 Å². The molecular weight excluding hydrogens is 511 g/mol. The van der Waals surface area contributed by atoms with Gasteiger partial charge in [-0.2, -0.15) is 0 Å². The highest BCUT2D eigenvalue weighted by molar-refractivity contribution is 7.92. The minimum Gasteiger partial charge on any atom is -0.495 e. The normalized spacial score (nSPS) is 11.1. The van der Waals surface area contributed by atoms with E-state index in [-0.39, 0.29) is 18.2 Å². The van der Waals surface area contributed by atoms with E-state index in [0.29, 0.717) is 45.6 Å². The standard InChI is InChI=1S/C25H26Cl2N2O5S/c1-33-23-15-22(24(34-2)14-21(23)27)29(35(3,31)32)16-18-4-8-19(9-5-18)25(30)28-13-12-17-6-10-20(26)11-7-17/h4-11,14-15H,12-13,16H2,1-3H3,(H,28,30). The van der Waals surface area contributed by atoms with Crippen LogP contribution in [0.4, 0.5) is 5.69 Å². The van der Waals surface area contributed by atoms with Crippen molar-refractivity contribution in [3.63, 3.8) is 0 Å². The van der Waals surface area contributed by atoms with Gasteiger partial charge in [-0.05, 0) is 41.8 Å². The van der Waals surface area contributed by atoms with E-state index >= 15 is 0 Å². The molecule has 10 heteroatoms. The number of benzene rings is 3. The highest BCUT2D eigenvalue weighted by atomic mass is 35.5. The van der Waals surface area contributed by atoms with Crippen molar-refractivity contribution >= 4 is 44.8 Å². The van der Waals surface area contributed by atoms with Crippen molar-refractivity contribution in [2.24, 2.45) is 0 Å². The number of hydrogen-bond acceptors (Lipinski definition) is 5. The van der Waals surface area contributed by atoms with E-state index in [2.05, 4.69) is 5.32 Å². The number of hydrogen-bond donors (Lipinski definition) is 1. The van der Waals surface area contributed by atoms with Gasteiger partial charge >= 0.3 is 0 Å². The highest BCUT2D eigenvalue weighted by Gasteiger charge is 2.24. The monoisotopic (exact) mass is 536 g/mol. The molecular formula is C25H26Cl2N2O5S. The second-order valence-corrected chi connectivity index (χ2v) is 10.5. The quantitative estimate of drug-likeness (QED) is 0.396. The minimum atomic E-state index is -3.69. The number of methoxy groups -OCH3 is 2. The van der Waals surface area contributed by atoms with Gasteiger partial charge in [-0.15, -0.1) is 0 Å². The van der Waals surface area contributed by atoms with E-state index in [1.807, 2.05) is 24.3 Å². The first-order valence-corrected chi connectivity index (χ1v) is 13.2. The SMILES string of the molecule is COc1cc(N(Cc2ccc(C(=O)NCCc3ccc(Cl)cc3)cc2)S(C)(=O)=O)c(OC)cc1Cl. The zero-order valence-corrected chi connectivity index (χ0v) is 21.9. The van der Waals surface area contributed by atoms with Gasteiger partial charge in [-0.3, -0.25) is 9.10 Å². The van der Waals surface area contributed by atoms with Crippen LogP contribution in [0.1, 0.15) is 21.5 Å². The molecule has 0 aliphatic heterocycles. The summed E-state index contributed by atoms with van der Waals surface area (Å²) in [5.74, 6) is 0.397. The van der Waals surface area contributed by atoms with E-state index in [1.165, 1.54) is 30.7 Å². The molecule has 0 saturated heterocycles. The van der Waals surface area contributed by atoms with Gasteiger partial charge in [-0.1, -0.05) is 47.5 Å². The highest BCUT2D eigenvalue weighted by Crippen LogP contribution is 2.39. The van der Waals surface area contributed by atoms with Crippen LogP contribution < -0.4 is 19.1 Å². The van der Waals surface area contributed by atoms with Crippen molar-refractivity contribution in [1.29, 1.82) is 0 Å². The Morgan fingerprint density at radius 2 is 1.51 bits per heavy atom. The molecule has 0 radical (unpaired) electrons. The lowest BCUT2D eigenvalue weighted by Gasteiger charge is -2.25. The van der Waals surface area contributed by atoms with Crippen LogP contribution in [0.15, 0.2) is 60.7 Å². The van der Waals surface area contributed by atoms with Gasteiger partial charge in [0.05, 0.1) is 37.7 Å². The molecule has 0 unspecified atom stereocenters. The number of sulfonamides is 1. The molecule has 186 valence electrons. The van der Waals surface area contributed by atoms with Crippen LogP contribution in [-0.4, -0.2) is 41.3 Å². The number of rotatable bonds is 10. The fourth-order valence-electron chi connectivity index (χ4n) is 3.42. The first-order valence-electron chi connectivity index (χ1n) is 10.6. The van der Waals surface area contributed by atoms with Crippen molar-refractivity contribution in [2.45, 2.75) is 13.0 Å². The van der Waals surface area contributed by atoms with Crippen LogP contribution in [0.2, 0.25) is 10.0 Å². The average Bonchev–Trinajstić information content (AvgIpc) is 2.83. The summed E-state index contributed by atoms with van der Waals surface area (Å²) in [5, 5.41) is 3.85. The summed E-state index contributed by atoms with van der Waals surface area (Å²) >= 11 is 12.1. The molecule has 0 spiro atoms. The molecule has 35 heavy (non-hydrogen) atoms. The molecule has 3 aromatic carbocycles. The molecule has 0 bridgehead atoms. The summed E-state index contributed by atoms with van der Waals surface area (Å²) in [4.78, 5) is 12.5. The number of anilines is 1. The van der Waals surface area contributed by atoms with E-state index in [9.17, 15) is 13.2 Å². The summed E-state index contributed by atoms with van der Waals surface area (Å²) in [7, 11) is -0.808. The Bertz CT molecular complexity index is 1280. The largest absolute Gasteiger partial charge is 0.495 e. The molecule has 7 nitrogen and oxygen atoms in total. The Hall–Kier alpha value is -2.94. The van der Waals surface area contributed by atoms with Crippen molar-refractivity contribution in [1.82, 2.24) is 5.32 Å². The first-order chi connectivity index (χ1) is 16.6. The summed E-state index contributed by atoms with van der Waals surface area (Å²) < 4.78 is 37.1. The maximum Gasteiger partial charge on any atom is 0.251 e. The topological polar surface area (TPSA) is 84.9 Å². The van der Waals surface area contributed by atoms with Crippen LogP contribution in [-0.2, 0) is 23.0 Å². The molecule has 1 N–H and O–H groups in total. The number of halogens is 2. The predicted octanol–water partition coefficient (Wildman–Crippen LogP) is 4.95. The van der Waals surface area contributed by atoms with Gasteiger partial charge in [0, 0.05) is 29.3 Å². The fraction of sp³-hybridized carbons (Fsp3) is 0.240. The number of nitrogens with zero attached hydrogens (tertiary/aromatic N) is 1. The van der Waals surface area contributed by atoms with E-state index in [0.717, 1.165) is 11.8 Å². The molecule has 3 aromatic rings. The second kappa shape index (κ2) is 11.7. The van der Waals surface area contributed by atoms with E-state index in [4.69, 9.17) is 32.7 Å². The molecule has 0 atom stereocenters. The Morgan fingerprint density at radius 1 is 0.914 bits per heavy atom.